The van der Waals surface area contributed by atoms with Gasteiger partial charge in [-0.25, -0.2) is 9.59 Å². The van der Waals surface area contributed by atoms with Gasteiger partial charge in [-0.15, -0.1) is 0 Å². The minimum atomic E-state index is -1.48. The molecule has 0 aliphatic carbocycles. The van der Waals surface area contributed by atoms with E-state index in [0.717, 1.165) is 20.1 Å². The molecule has 1 rings (SSSR count). The van der Waals surface area contributed by atoms with Crippen LogP contribution in [0.25, 0.3) is 6.08 Å². The molecule has 9 heteroatoms. The number of phenols is 2. The summed E-state index contributed by atoms with van der Waals surface area (Å²) in [5, 5.41) is 28.1. The van der Waals surface area contributed by atoms with Crippen molar-refractivity contribution in [3.63, 3.8) is 0 Å². The lowest BCUT2D eigenvalue weighted by Gasteiger charge is -2.24. The average Bonchev–Trinajstić information content (AvgIpc) is 2.55. The van der Waals surface area contributed by atoms with Gasteiger partial charge < -0.3 is 24.9 Å². The summed E-state index contributed by atoms with van der Waals surface area (Å²) in [5.74, 6) is -3.43. The van der Waals surface area contributed by atoms with Gasteiger partial charge in [-0.2, -0.15) is 5.06 Å². The maximum Gasteiger partial charge on any atom is 0.356 e. The van der Waals surface area contributed by atoms with Crippen LogP contribution in [0.1, 0.15) is 12.5 Å². The van der Waals surface area contributed by atoms with E-state index in [2.05, 4.69) is 4.74 Å². The Labute approximate surface area is 137 Å². The summed E-state index contributed by atoms with van der Waals surface area (Å²) in [5.41, 5.74) is 0.378. The topological polar surface area (TPSA) is 134 Å². The Morgan fingerprint density at radius 2 is 1.92 bits per heavy atom. The molecule has 0 unspecified atom stereocenters. The Balaban J connectivity index is 2.85. The quantitative estimate of drug-likeness (QED) is 0.294. The largest absolute Gasteiger partial charge is 0.504 e. The van der Waals surface area contributed by atoms with Crippen molar-refractivity contribution in [3.05, 3.63) is 29.8 Å². The second kappa shape index (κ2) is 8.53. The number of hydrogen-bond donors (Lipinski definition) is 3. The maximum absolute atomic E-state index is 11.8. The smallest absolute Gasteiger partial charge is 0.356 e. The molecule has 0 radical (unpaired) electrons. The van der Waals surface area contributed by atoms with Crippen molar-refractivity contribution < 1.29 is 39.3 Å². The van der Waals surface area contributed by atoms with Crippen LogP contribution >= 0.6 is 0 Å². The Hall–Kier alpha value is -3.07. The molecule has 0 fully saturated rings. The number of hydrogen-bond acceptors (Lipinski definition) is 8. The molecule has 0 bridgehead atoms. The SMILES string of the molecule is COC(=O)[C@H](CO)N(OC(=O)/C=C/c1ccc(O)c(O)c1)C(C)=O. The number of rotatable bonds is 5. The van der Waals surface area contributed by atoms with Gasteiger partial charge in [-0.05, 0) is 23.8 Å². The second-order valence-corrected chi connectivity index (χ2v) is 4.56. The van der Waals surface area contributed by atoms with Crippen molar-refractivity contribution in [2.45, 2.75) is 13.0 Å². The Morgan fingerprint density at radius 1 is 1.25 bits per heavy atom. The molecule has 9 nitrogen and oxygen atoms in total. The van der Waals surface area contributed by atoms with Gasteiger partial charge >= 0.3 is 11.9 Å². The van der Waals surface area contributed by atoms with Gasteiger partial charge in [-0.3, -0.25) is 4.79 Å². The van der Waals surface area contributed by atoms with E-state index in [4.69, 9.17) is 9.94 Å². The highest BCUT2D eigenvalue weighted by molar-refractivity contribution is 5.89. The minimum absolute atomic E-state index is 0.318. The van der Waals surface area contributed by atoms with Crippen LogP contribution in [0.2, 0.25) is 0 Å². The predicted molar refractivity (Wildman–Crippen MR) is 80.3 cm³/mol. The summed E-state index contributed by atoms with van der Waals surface area (Å²) < 4.78 is 4.42. The molecule has 130 valence electrons. The summed E-state index contributed by atoms with van der Waals surface area (Å²) in [6.45, 7) is 0.246. The Kier molecular flexibility index (Phi) is 6.75. The third-order valence-electron chi connectivity index (χ3n) is 2.84. The van der Waals surface area contributed by atoms with Crippen LogP contribution in [0.15, 0.2) is 24.3 Å². The summed E-state index contributed by atoms with van der Waals surface area (Å²) in [4.78, 5) is 39.5. The lowest BCUT2D eigenvalue weighted by molar-refractivity contribution is -0.209. The number of aliphatic hydroxyl groups excluding tert-OH is 1. The number of aromatic hydroxyl groups is 2. The van der Waals surface area contributed by atoms with Gasteiger partial charge in [0.1, 0.15) is 0 Å². The van der Waals surface area contributed by atoms with E-state index in [1.165, 1.54) is 24.3 Å². The highest BCUT2D eigenvalue weighted by Gasteiger charge is 2.31. The van der Waals surface area contributed by atoms with E-state index in [1.54, 1.807) is 0 Å². The standard InChI is InChI=1S/C15H17NO8/c1-9(18)16(11(8-17)15(22)23-2)24-14(21)6-4-10-3-5-12(19)13(20)7-10/h3-7,11,17,19-20H,8H2,1-2H3/b6-4+/t11-/m0/s1. The molecular formula is C15H17NO8. The van der Waals surface area contributed by atoms with Gasteiger partial charge in [0, 0.05) is 13.0 Å². The van der Waals surface area contributed by atoms with E-state index < -0.39 is 30.5 Å². The van der Waals surface area contributed by atoms with Crippen molar-refractivity contribution in [1.82, 2.24) is 5.06 Å². The molecule has 24 heavy (non-hydrogen) atoms. The molecule has 0 spiro atoms. The first kappa shape index (κ1) is 19.0. The fourth-order valence-corrected chi connectivity index (χ4v) is 1.66. The number of benzene rings is 1. The molecule has 0 saturated heterocycles. The van der Waals surface area contributed by atoms with Crippen LogP contribution in [0.5, 0.6) is 11.5 Å². The Bertz CT molecular complexity index is 655. The van der Waals surface area contributed by atoms with Crippen molar-refractivity contribution in [1.29, 1.82) is 0 Å². The van der Waals surface area contributed by atoms with Crippen molar-refractivity contribution in [2.24, 2.45) is 0 Å². The van der Waals surface area contributed by atoms with Gasteiger partial charge in [0.2, 0.25) is 0 Å². The Morgan fingerprint density at radius 3 is 2.42 bits per heavy atom. The molecule has 1 aromatic carbocycles. The summed E-state index contributed by atoms with van der Waals surface area (Å²) in [6.07, 6.45) is 2.19. The second-order valence-electron chi connectivity index (χ2n) is 4.56. The number of nitrogens with zero attached hydrogens (tertiary/aromatic N) is 1. The third-order valence-corrected chi connectivity index (χ3v) is 2.84. The highest BCUT2D eigenvalue weighted by atomic mass is 16.7. The summed E-state index contributed by atoms with van der Waals surface area (Å²) in [6, 6.07) is 2.36. The van der Waals surface area contributed by atoms with Crippen molar-refractivity contribution >= 4 is 23.9 Å². The highest BCUT2D eigenvalue weighted by Crippen LogP contribution is 2.25. The third kappa shape index (κ3) is 4.99. The number of methoxy groups -OCH3 is 1. The van der Waals surface area contributed by atoms with Crippen LogP contribution in [0.3, 0.4) is 0 Å². The lowest BCUT2D eigenvalue weighted by atomic mass is 10.2. The van der Waals surface area contributed by atoms with Gasteiger partial charge in [0.05, 0.1) is 13.7 Å². The number of hydroxylamine groups is 2. The average molecular weight is 339 g/mol. The van der Waals surface area contributed by atoms with Crippen LogP contribution in [-0.4, -0.2) is 58.0 Å². The first-order valence-electron chi connectivity index (χ1n) is 6.70. The van der Waals surface area contributed by atoms with Crippen molar-refractivity contribution in [2.75, 3.05) is 13.7 Å². The zero-order chi connectivity index (χ0) is 18.3. The number of carbonyl (C=O) groups is 3. The van der Waals surface area contributed by atoms with Gasteiger partial charge in [0.25, 0.3) is 5.91 Å². The lowest BCUT2D eigenvalue weighted by Crippen LogP contribution is -2.47. The zero-order valence-corrected chi connectivity index (χ0v) is 13.0. The number of aliphatic hydroxyl groups is 1. The van der Waals surface area contributed by atoms with E-state index in [9.17, 15) is 24.6 Å². The van der Waals surface area contributed by atoms with Crippen LogP contribution in [-0.2, 0) is 24.0 Å². The molecule has 0 aliphatic rings. The summed E-state index contributed by atoms with van der Waals surface area (Å²) in [7, 11) is 1.06. The normalized spacial score (nSPS) is 11.8. The molecule has 0 aromatic heterocycles. The molecule has 1 atom stereocenters. The fraction of sp³-hybridized carbons (Fsp3) is 0.267. The molecule has 0 heterocycles. The van der Waals surface area contributed by atoms with Crippen LogP contribution in [0.4, 0.5) is 0 Å². The van der Waals surface area contributed by atoms with E-state index in [1.807, 2.05) is 0 Å². The molecule has 1 aromatic rings. The predicted octanol–water partition coefficient (Wildman–Crippen LogP) is -0.0484. The molecule has 3 N–H and O–H groups in total. The fourth-order valence-electron chi connectivity index (χ4n) is 1.66. The zero-order valence-electron chi connectivity index (χ0n) is 13.0. The maximum atomic E-state index is 11.8. The van der Waals surface area contributed by atoms with Gasteiger partial charge in [-0.1, -0.05) is 6.07 Å². The van der Waals surface area contributed by atoms with Crippen LogP contribution in [0, 0.1) is 0 Å². The monoisotopic (exact) mass is 339 g/mol. The van der Waals surface area contributed by atoms with E-state index >= 15 is 0 Å². The van der Waals surface area contributed by atoms with Crippen molar-refractivity contribution in [3.8, 4) is 11.5 Å². The minimum Gasteiger partial charge on any atom is -0.504 e. The summed E-state index contributed by atoms with van der Waals surface area (Å²) >= 11 is 0. The number of phenolic OH excluding ortho intramolecular Hbond substituents is 2. The first-order valence-corrected chi connectivity index (χ1v) is 6.70. The first-order chi connectivity index (χ1) is 11.3. The number of carbonyl (C=O) groups excluding carboxylic acids is 3. The number of esters is 1. The molecular weight excluding hydrogens is 322 g/mol. The number of ether oxygens (including phenoxy) is 1. The molecule has 1 amide bonds. The molecule has 0 aliphatic heterocycles. The van der Waals surface area contributed by atoms with E-state index in [-0.39, 0.29) is 11.5 Å². The molecule has 0 saturated carbocycles. The van der Waals surface area contributed by atoms with Crippen LogP contribution < -0.4 is 0 Å². The van der Waals surface area contributed by atoms with Gasteiger partial charge in [0.15, 0.2) is 17.5 Å². The number of amides is 1. The van der Waals surface area contributed by atoms with E-state index in [0.29, 0.717) is 10.6 Å².